The number of hydrogen-bond donors (Lipinski definition) is 0. The van der Waals surface area contributed by atoms with Crippen LogP contribution in [-0.2, 0) is 31.0 Å². The van der Waals surface area contributed by atoms with Gasteiger partial charge in [0, 0.05) is 12.4 Å². The van der Waals surface area contributed by atoms with E-state index in [2.05, 4.69) is 37.1 Å². The number of hydrogen-bond acceptors (Lipinski definition) is 3. The van der Waals surface area contributed by atoms with E-state index in [1.165, 1.54) is 11.8 Å². The average molecular weight is 442 g/mol. The Morgan fingerprint density at radius 1 is 1.67 bits per heavy atom. The van der Waals surface area contributed by atoms with Crippen molar-refractivity contribution in [3.8, 4) is 0 Å². The van der Waals surface area contributed by atoms with Gasteiger partial charge in [-0.15, -0.1) is 0 Å². The van der Waals surface area contributed by atoms with Gasteiger partial charge in [0.1, 0.15) is 0 Å². The first-order valence-corrected chi connectivity index (χ1v) is 8.18. The van der Waals surface area contributed by atoms with Crippen LogP contribution in [0.4, 0.5) is 0 Å². The van der Waals surface area contributed by atoms with Crippen molar-refractivity contribution in [1.82, 2.24) is 4.98 Å². The van der Waals surface area contributed by atoms with Gasteiger partial charge in [0.2, 0.25) is 0 Å². The second-order valence-electron chi connectivity index (χ2n) is 2.09. The third-order valence-corrected chi connectivity index (χ3v) is 2.29. The Bertz CT molecular complexity index is 308. The van der Waals surface area contributed by atoms with Crippen LogP contribution in [0.5, 0.6) is 0 Å². The van der Waals surface area contributed by atoms with Crippen molar-refractivity contribution in [2.24, 2.45) is 5.10 Å². The van der Waals surface area contributed by atoms with Crippen LogP contribution in [0.15, 0.2) is 29.5 Å². The molecule has 0 atom stereocenters. The summed E-state index contributed by atoms with van der Waals surface area (Å²) >= 11 is 7.11. The molecule has 1 aromatic heterocycles. The summed E-state index contributed by atoms with van der Waals surface area (Å²) in [4.78, 5) is 4.05. The number of thiol groups is 1. The molecule has 0 N–H and O–H groups in total. The molecule has 0 saturated heterocycles. The molecule has 0 aromatic carbocycles. The molecule has 85 valence electrons. The normalized spacial score (nSPS) is 9.33. The second kappa shape index (κ2) is 10.6. The average Bonchev–Trinajstić information content (AvgIpc) is 2.33. The quantitative estimate of drug-likeness (QED) is 0.232. The minimum atomic E-state index is 0.632. The Morgan fingerprint density at radius 3 is 2.93 bits per heavy atom. The monoisotopic (exact) mass is 441 g/mol. The summed E-state index contributed by atoms with van der Waals surface area (Å²) in [6.45, 7) is 0. The summed E-state index contributed by atoms with van der Waals surface area (Å²) in [6, 6.07) is 5.61. The molecular formula is C8H9ClN3PtS2. The van der Waals surface area contributed by atoms with E-state index in [0.717, 1.165) is 5.69 Å². The number of pyridine rings is 1. The van der Waals surface area contributed by atoms with E-state index in [1.54, 1.807) is 31.2 Å². The van der Waals surface area contributed by atoms with Crippen LogP contribution in [0.1, 0.15) is 5.69 Å². The first kappa shape index (κ1) is 15.0. The number of rotatable bonds is 2. The van der Waals surface area contributed by atoms with E-state index in [-0.39, 0.29) is 0 Å². The Labute approximate surface area is 114 Å². The Balaban J connectivity index is 0.000000921. The molecule has 0 unspecified atom stereocenters. The minimum absolute atomic E-state index is 0.632. The number of nitrogens with zero attached hydrogens (tertiary/aromatic N) is 3. The molecule has 0 radical (unpaired) electrons. The zero-order valence-electron chi connectivity index (χ0n) is 7.78. The van der Waals surface area contributed by atoms with Crippen LogP contribution in [0.2, 0.25) is 0 Å². The predicted octanol–water partition coefficient (Wildman–Crippen LogP) is 2.21. The second-order valence-corrected chi connectivity index (χ2v) is 3.61. The van der Waals surface area contributed by atoms with Gasteiger partial charge < -0.3 is 10.5 Å². The van der Waals surface area contributed by atoms with Gasteiger partial charge >= 0.3 is 28.2 Å². The van der Waals surface area contributed by atoms with Gasteiger partial charge in [0.25, 0.3) is 0 Å². The van der Waals surface area contributed by atoms with Crippen molar-refractivity contribution in [2.45, 2.75) is 0 Å². The molecule has 0 saturated carbocycles. The molecule has 0 spiro atoms. The fourth-order valence-corrected chi connectivity index (χ4v) is 0.811. The summed E-state index contributed by atoms with van der Waals surface area (Å²) < 4.78 is 0.632. The number of halogens is 1. The van der Waals surface area contributed by atoms with E-state index >= 15 is 0 Å². The van der Waals surface area contributed by atoms with E-state index in [4.69, 9.17) is 0 Å². The topological polar surface area (TPSA) is 39.4 Å². The molecule has 0 amide bonds. The van der Waals surface area contributed by atoms with E-state index < -0.39 is 0 Å². The van der Waals surface area contributed by atoms with Gasteiger partial charge in [0.05, 0.1) is 5.69 Å². The molecule has 0 aliphatic rings. The summed E-state index contributed by atoms with van der Waals surface area (Å²) in [5.41, 5.74) is 4.60. The molecule has 1 aromatic rings. The fraction of sp³-hybridized carbons (Fsp3) is 0.125. The Morgan fingerprint density at radius 2 is 2.40 bits per heavy atom. The maximum atomic E-state index is 4.61. The van der Waals surface area contributed by atoms with Gasteiger partial charge in [-0.1, -0.05) is 17.8 Å². The summed E-state index contributed by atoms with van der Waals surface area (Å²) in [6.07, 6.45) is 5.19. The Hall–Kier alpha value is 0.0383. The van der Waals surface area contributed by atoms with E-state index in [9.17, 15) is 0 Å². The van der Waals surface area contributed by atoms with Crippen LogP contribution in [0, 0.1) is 0 Å². The molecule has 15 heavy (non-hydrogen) atoms. The van der Waals surface area contributed by atoms with Crippen molar-refractivity contribution < 1.29 is 18.8 Å². The Kier molecular flexibility index (Phi) is 10.6. The molecule has 3 nitrogen and oxygen atoms in total. The van der Waals surface area contributed by atoms with E-state index in [1.807, 2.05) is 24.5 Å². The van der Waals surface area contributed by atoms with Crippen LogP contribution in [-0.4, -0.2) is 21.8 Å². The summed E-state index contributed by atoms with van der Waals surface area (Å²) in [7, 11) is 4.61. The summed E-state index contributed by atoms with van der Waals surface area (Å²) in [5.74, 6) is 0. The molecule has 1 rings (SSSR count). The van der Waals surface area contributed by atoms with Gasteiger partial charge in [-0.3, -0.25) is 4.98 Å². The zero-order chi connectivity index (χ0) is 11.5. The van der Waals surface area contributed by atoms with Crippen LogP contribution < -0.4 is 0 Å². The zero-order valence-corrected chi connectivity index (χ0v) is 12.5. The third-order valence-electron chi connectivity index (χ3n) is 1.20. The molecule has 0 bridgehead atoms. The SMILES string of the molecule is CSC(=[SH+])[N-]N=Cc1ccccn1.[Cl][Pt]. The van der Waals surface area contributed by atoms with E-state index in [0.29, 0.717) is 4.32 Å². The molecule has 1 heterocycles. The predicted molar refractivity (Wildman–Crippen MR) is 68.3 cm³/mol. The van der Waals surface area contributed by atoms with Crippen LogP contribution in [0.25, 0.3) is 5.43 Å². The third kappa shape index (κ3) is 7.91. The number of thioether (sulfide) groups is 1. The maximum absolute atomic E-state index is 4.61. The van der Waals surface area contributed by atoms with Gasteiger partial charge in [0.15, 0.2) is 16.5 Å². The standard InChI is InChI=1S/C8H9N3S2.ClH.Pt/c1-13-8(12)11-10-6-7-4-2-3-5-9-7;;/h2-6H,1H3,(H,9,11,12);1H;/q;;+1/p-1. The number of aromatic nitrogens is 1. The van der Waals surface area contributed by atoms with Gasteiger partial charge in [-0.2, -0.15) is 0 Å². The molecule has 7 heteroatoms. The van der Waals surface area contributed by atoms with Crippen molar-refractivity contribution in [3.05, 3.63) is 35.5 Å². The first-order valence-electron chi connectivity index (χ1n) is 3.70. The van der Waals surface area contributed by atoms with Gasteiger partial charge in [-0.05, 0) is 18.4 Å². The molecule has 0 aliphatic carbocycles. The van der Waals surface area contributed by atoms with Crippen molar-refractivity contribution in [1.29, 1.82) is 0 Å². The van der Waals surface area contributed by atoms with Crippen molar-refractivity contribution in [3.63, 3.8) is 0 Å². The first-order chi connectivity index (χ1) is 7.33. The van der Waals surface area contributed by atoms with Crippen molar-refractivity contribution >= 4 is 43.9 Å². The van der Waals surface area contributed by atoms with Crippen molar-refractivity contribution in [2.75, 3.05) is 6.26 Å². The molecule has 0 fully saturated rings. The van der Waals surface area contributed by atoms with Crippen LogP contribution >= 0.6 is 21.2 Å². The molecular weight excluding hydrogens is 433 g/mol. The van der Waals surface area contributed by atoms with Crippen LogP contribution in [0.3, 0.4) is 0 Å². The molecule has 0 aliphatic heterocycles. The summed E-state index contributed by atoms with van der Waals surface area (Å²) in [5, 5.41) is 3.82. The fourth-order valence-electron chi connectivity index (χ4n) is 0.631. The van der Waals surface area contributed by atoms with Gasteiger partial charge in [-0.25, -0.2) is 0 Å².